The minimum absolute atomic E-state index is 0.0211. The van der Waals surface area contributed by atoms with Gasteiger partial charge in [0.05, 0.1) is 25.4 Å². The van der Waals surface area contributed by atoms with Crippen LogP contribution >= 0.6 is 0 Å². The number of ether oxygens (including phenoxy) is 1. The summed E-state index contributed by atoms with van der Waals surface area (Å²) in [5.74, 6) is -0.00782. The van der Waals surface area contributed by atoms with Crippen molar-refractivity contribution >= 4 is 11.9 Å². The summed E-state index contributed by atoms with van der Waals surface area (Å²) in [5.41, 5.74) is 0. The van der Waals surface area contributed by atoms with Gasteiger partial charge in [0.2, 0.25) is 5.91 Å². The van der Waals surface area contributed by atoms with E-state index in [-0.39, 0.29) is 18.5 Å². The molecule has 0 radical (unpaired) electrons. The van der Waals surface area contributed by atoms with E-state index in [1.54, 1.807) is 0 Å². The first kappa shape index (κ1) is 78.6. The van der Waals surface area contributed by atoms with Crippen LogP contribution in [0.15, 0.2) is 12.2 Å². The van der Waals surface area contributed by atoms with Crippen LogP contribution in [-0.4, -0.2) is 47.4 Å². The van der Waals surface area contributed by atoms with Crippen molar-refractivity contribution in [1.82, 2.24) is 5.32 Å². The number of rotatable bonds is 70. The average molecular weight is 1130 g/mol. The normalized spacial score (nSPS) is 12.5. The highest BCUT2D eigenvalue weighted by Gasteiger charge is 2.20. The van der Waals surface area contributed by atoms with E-state index in [9.17, 15) is 19.8 Å². The zero-order valence-electron chi connectivity index (χ0n) is 54.6. The molecule has 0 aromatic rings. The first-order chi connectivity index (χ1) is 39.5. The Hall–Kier alpha value is -1.40. The molecule has 2 unspecified atom stereocenters. The fraction of sp³-hybridized carbons (Fsp3) is 0.946. The molecule has 476 valence electrons. The highest BCUT2D eigenvalue weighted by Crippen LogP contribution is 2.19. The Morgan fingerprint density at radius 3 is 0.887 bits per heavy atom. The molecule has 1 amide bonds. The molecule has 3 N–H and O–H groups in total. The van der Waals surface area contributed by atoms with E-state index in [1.807, 2.05) is 0 Å². The molecule has 6 heteroatoms. The quantitative estimate of drug-likeness (QED) is 0.0320. The monoisotopic (exact) mass is 1130 g/mol. The molecule has 6 nitrogen and oxygen atoms in total. The Balaban J connectivity index is 3.35. The minimum atomic E-state index is -0.663. The number of amides is 1. The number of nitrogens with one attached hydrogen (secondary N) is 1. The minimum Gasteiger partial charge on any atom is -0.466 e. The summed E-state index contributed by atoms with van der Waals surface area (Å²) in [6, 6.07) is -0.540. The molecule has 0 rings (SSSR count). The maximum Gasteiger partial charge on any atom is 0.305 e. The lowest BCUT2D eigenvalue weighted by Gasteiger charge is -2.22. The molecule has 0 spiro atoms. The van der Waals surface area contributed by atoms with Gasteiger partial charge in [-0.3, -0.25) is 9.59 Å². The lowest BCUT2D eigenvalue weighted by molar-refractivity contribution is -0.143. The molecule has 0 saturated carbocycles. The van der Waals surface area contributed by atoms with Gasteiger partial charge in [0.15, 0.2) is 0 Å². The summed E-state index contributed by atoms with van der Waals surface area (Å²) in [6.45, 7) is 5.00. The summed E-state index contributed by atoms with van der Waals surface area (Å²) in [4.78, 5) is 24.6. The number of hydrogen-bond donors (Lipinski definition) is 3. The highest BCUT2D eigenvalue weighted by molar-refractivity contribution is 5.76. The molecule has 0 saturated heterocycles. The molecule has 80 heavy (non-hydrogen) atoms. The highest BCUT2D eigenvalue weighted by atomic mass is 16.5. The maximum atomic E-state index is 12.5. The van der Waals surface area contributed by atoms with E-state index in [0.29, 0.717) is 25.9 Å². The van der Waals surface area contributed by atoms with E-state index in [4.69, 9.17) is 4.74 Å². The summed E-state index contributed by atoms with van der Waals surface area (Å²) in [6.07, 6.45) is 87.0. The van der Waals surface area contributed by atoms with Crippen LogP contribution in [0.1, 0.15) is 425 Å². The third kappa shape index (κ3) is 65.7. The van der Waals surface area contributed by atoms with Crippen molar-refractivity contribution in [2.45, 2.75) is 437 Å². The van der Waals surface area contributed by atoms with E-state index in [0.717, 1.165) is 38.5 Å². The summed E-state index contributed by atoms with van der Waals surface area (Å²) in [5, 5.41) is 23.4. The standard InChI is InChI=1S/C74H145NO5/c1-3-5-7-9-11-13-15-17-19-20-35-39-42-46-50-54-58-62-66-72(77)71(70-76)75-73(78)67-63-59-55-51-47-43-40-36-33-31-29-27-25-23-21-22-24-26-28-30-32-34-37-41-45-49-53-57-61-65-69-80-74(79)68-64-60-56-52-48-44-38-18-16-14-12-10-8-6-4-2/h22,24,71-72,76-77H,3-21,23,25-70H2,1-2H3,(H,75,78)/b24-22-. The van der Waals surface area contributed by atoms with Gasteiger partial charge >= 0.3 is 5.97 Å². The number of aliphatic hydroxyl groups excluding tert-OH is 2. The van der Waals surface area contributed by atoms with Crippen molar-refractivity contribution in [3.63, 3.8) is 0 Å². The smallest absolute Gasteiger partial charge is 0.305 e. The molecule has 0 aliphatic heterocycles. The van der Waals surface area contributed by atoms with Crippen molar-refractivity contribution in [2.75, 3.05) is 13.2 Å². The van der Waals surface area contributed by atoms with E-state index >= 15 is 0 Å². The molecule has 0 aromatic heterocycles. The number of hydrogen-bond acceptors (Lipinski definition) is 5. The number of allylic oxidation sites excluding steroid dienone is 2. The average Bonchev–Trinajstić information content (AvgIpc) is 3.46. The van der Waals surface area contributed by atoms with Crippen LogP contribution in [0.3, 0.4) is 0 Å². The van der Waals surface area contributed by atoms with Gasteiger partial charge in [-0.25, -0.2) is 0 Å². The summed E-state index contributed by atoms with van der Waals surface area (Å²) >= 11 is 0. The lowest BCUT2D eigenvalue weighted by atomic mass is 10.0. The van der Waals surface area contributed by atoms with Crippen LogP contribution in [0.2, 0.25) is 0 Å². The second-order valence-corrected chi connectivity index (χ2v) is 25.6. The Morgan fingerprint density at radius 1 is 0.338 bits per heavy atom. The van der Waals surface area contributed by atoms with Gasteiger partial charge in [-0.1, -0.05) is 373 Å². The van der Waals surface area contributed by atoms with Crippen LogP contribution in [0.5, 0.6) is 0 Å². The van der Waals surface area contributed by atoms with E-state index in [2.05, 4.69) is 31.3 Å². The number of aliphatic hydroxyl groups is 2. The largest absolute Gasteiger partial charge is 0.466 e. The number of carbonyl (C=O) groups is 2. The third-order valence-electron chi connectivity index (χ3n) is 17.6. The van der Waals surface area contributed by atoms with Gasteiger partial charge in [-0.15, -0.1) is 0 Å². The van der Waals surface area contributed by atoms with E-state index < -0.39 is 12.1 Å². The van der Waals surface area contributed by atoms with Gasteiger partial charge < -0.3 is 20.3 Å². The van der Waals surface area contributed by atoms with Crippen LogP contribution in [0.4, 0.5) is 0 Å². The molecular weight excluding hydrogens is 983 g/mol. The molecule has 0 aliphatic carbocycles. The molecule has 0 heterocycles. The summed E-state index contributed by atoms with van der Waals surface area (Å²) in [7, 11) is 0. The van der Waals surface area contributed by atoms with Crippen molar-refractivity contribution in [1.29, 1.82) is 0 Å². The van der Waals surface area contributed by atoms with Gasteiger partial charge in [0.25, 0.3) is 0 Å². The van der Waals surface area contributed by atoms with Crippen molar-refractivity contribution in [3.8, 4) is 0 Å². The van der Waals surface area contributed by atoms with Gasteiger partial charge in [-0.2, -0.15) is 0 Å². The maximum absolute atomic E-state index is 12.5. The first-order valence-corrected chi connectivity index (χ1v) is 36.9. The Bertz CT molecular complexity index is 1210. The first-order valence-electron chi connectivity index (χ1n) is 36.9. The molecule has 0 aromatic carbocycles. The number of unbranched alkanes of at least 4 members (excludes halogenated alkanes) is 57. The Kier molecular flexibility index (Phi) is 68.9. The van der Waals surface area contributed by atoms with Gasteiger partial charge in [-0.05, 0) is 51.4 Å². The Labute approximate surface area is 501 Å². The van der Waals surface area contributed by atoms with Crippen LogP contribution in [0, 0.1) is 0 Å². The van der Waals surface area contributed by atoms with Gasteiger partial charge in [0, 0.05) is 12.8 Å². The summed E-state index contributed by atoms with van der Waals surface area (Å²) < 4.78 is 5.50. The zero-order chi connectivity index (χ0) is 57.8. The predicted molar refractivity (Wildman–Crippen MR) is 352 cm³/mol. The van der Waals surface area contributed by atoms with Crippen LogP contribution in [0.25, 0.3) is 0 Å². The second-order valence-electron chi connectivity index (χ2n) is 25.6. The van der Waals surface area contributed by atoms with Crippen LogP contribution < -0.4 is 5.32 Å². The zero-order valence-corrected chi connectivity index (χ0v) is 54.6. The van der Waals surface area contributed by atoms with Crippen LogP contribution in [-0.2, 0) is 14.3 Å². The molecule has 2 atom stereocenters. The second kappa shape index (κ2) is 70.1. The number of esters is 1. The fourth-order valence-electron chi connectivity index (χ4n) is 11.9. The van der Waals surface area contributed by atoms with Crippen molar-refractivity contribution in [2.24, 2.45) is 0 Å². The Morgan fingerprint density at radius 2 is 0.588 bits per heavy atom. The molecular formula is C74H145NO5. The fourth-order valence-corrected chi connectivity index (χ4v) is 11.9. The van der Waals surface area contributed by atoms with Crippen molar-refractivity contribution < 1.29 is 24.5 Å². The lowest BCUT2D eigenvalue weighted by Crippen LogP contribution is -2.45. The van der Waals surface area contributed by atoms with E-state index in [1.165, 1.54) is 353 Å². The topological polar surface area (TPSA) is 95.9 Å². The third-order valence-corrected chi connectivity index (χ3v) is 17.6. The molecule has 0 bridgehead atoms. The molecule has 0 fully saturated rings. The predicted octanol–water partition coefficient (Wildman–Crippen LogP) is 23.9. The SMILES string of the molecule is CCCCCCCCCCCCCCCCCCCCC(O)C(CO)NC(=O)CCCCCCCCCCCCCCCC/C=C\CCCCCCCCCCCCCCOC(=O)CCCCCCCCCCCCCCCCC. The molecule has 0 aliphatic rings. The number of carbonyl (C=O) groups excluding carboxylic acids is 2. The van der Waals surface area contributed by atoms with Gasteiger partial charge in [0.1, 0.15) is 0 Å². The van der Waals surface area contributed by atoms with Crippen molar-refractivity contribution in [3.05, 3.63) is 12.2 Å².